The standard InChI is InChI=1S/C18H24N4O2/c1-18(21-6-7-23)16(11-15(19)12-22-18)14-2-5-20-17(10-14)13-3-8-24-9-4-13/h2-3,5,10-12,21-23H,4,6-9,19H2,1H3. The fourth-order valence-electron chi connectivity index (χ4n) is 3.02. The number of allylic oxidation sites excluding steroid dienone is 1. The Balaban J connectivity index is 1.96. The first-order valence-corrected chi connectivity index (χ1v) is 8.17. The summed E-state index contributed by atoms with van der Waals surface area (Å²) in [5.41, 5.74) is 10.4. The van der Waals surface area contributed by atoms with Crippen LogP contribution in [0.3, 0.4) is 0 Å². The van der Waals surface area contributed by atoms with Crippen molar-refractivity contribution in [3.63, 3.8) is 0 Å². The Morgan fingerprint density at radius 2 is 2.38 bits per heavy atom. The molecule has 1 aromatic rings. The molecule has 6 heteroatoms. The summed E-state index contributed by atoms with van der Waals surface area (Å²) in [5.74, 6) is 0. The van der Waals surface area contributed by atoms with Gasteiger partial charge in [0.2, 0.25) is 0 Å². The van der Waals surface area contributed by atoms with E-state index in [-0.39, 0.29) is 6.61 Å². The summed E-state index contributed by atoms with van der Waals surface area (Å²) in [4.78, 5) is 4.51. The van der Waals surface area contributed by atoms with Crippen LogP contribution in [0.15, 0.2) is 42.4 Å². The summed E-state index contributed by atoms with van der Waals surface area (Å²) in [6, 6.07) is 4.07. The van der Waals surface area contributed by atoms with Crippen LogP contribution in [-0.4, -0.2) is 42.1 Å². The van der Waals surface area contributed by atoms with E-state index in [0.717, 1.165) is 29.9 Å². The number of nitrogens with zero attached hydrogens (tertiary/aromatic N) is 1. The number of aromatic nitrogens is 1. The zero-order valence-corrected chi connectivity index (χ0v) is 13.9. The van der Waals surface area contributed by atoms with Gasteiger partial charge in [-0.05, 0) is 42.7 Å². The Kier molecular flexibility index (Phi) is 4.99. The Hall–Kier alpha value is -2.15. The molecule has 2 aliphatic heterocycles. The highest BCUT2D eigenvalue weighted by molar-refractivity contribution is 5.78. The lowest BCUT2D eigenvalue weighted by atomic mass is 9.90. The molecule has 2 aliphatic rings. The van der Waals surface area contributed by atoms with Crippen LogP contribution in [0.4, 0.5) is 0 Å². The third-order valence-corrected chi connectivity index (χ3v) is 4.33. The molecule has 1 aromatic heterocycles. The Bertz CT molecular complexity index is 696. The predicted octanol–water partition coefficient (Wildman–Crippen LogP) is 0.970. The van der Waals surface area contributed by atoms with E-state index in [1.165, 1.54) is 5.57 Å². The third kappa shape index (κ3) is 3.51. The molecule has 0 aliphatic carbocycles. The number of dihydropyridines is 1. The van der Waals surface area contributed by atoms with Gasteiger partial charge < -0.3 is 20.9 Å². The molecule has 0 saturated carbocycles. The first-order chi connectivity index (χ1) is 11.6. The number of nitrogens with two attached hydrogens (primary N) is 1. The molecule has 0 amide bonds. The van der Waals surface area contributed by atoms with Crippen molar-refractivity contribution in [2.45, 2.75) is 19.0 Å². The van der Waals surface area contributed by atoms with Gasteiger partial charge in [0.15, 0.2) is 0 Å². The van der Waals surface area contributed by atoms with Crippen LogP contribution in [0.5, 0.6) is 0 Å². The summed E-state index contributed by atoms with van der Waals surface area (Å²) in [7, 11) is 0. The average Bonchev–Trinajstić information content (AvgIpc) is 2.63. The third-order valence-electron chi connectivity index (χ3n) is 4.33. The van der Waals surface area contributed by atoms with Crippen molar-refractivity contribution in [3.05, 3.63) is 53.6 Å². The Labute approximate surface area is 142 Å². The highest BCUT2D eigenvalue weighted by Crippen LogP contribution is 2.30. The van der Waals surface area contributed by atoms with Crippen LogP contribution in [0.2, 0.25) is 0 Å². The zero-order chi connectivity index (χ0) is 17.0. The largest absolute Gasteiger partial charge is 0.398 e. The van der Waals surface area contributed by atoms with Gasteiger partial charge in [0.1, 0.15) is 5.66 Å². The van der Waals surface area contributed by atoms with Gasteiger partial charge in [-0.1, -0.05) is 6.08 Å². The molecule has 1 unspecified atom stereocenters. The maximum absolute atomic E-state index is 9.16. The van der Waals surface area contributed by atoms with E-state index in [1.54, 1.807) is 6.20 Å². The van der Waals surface area contributed by atoms with Crippen molar-refractivity contribution < 1.29 is 9.84 Å². The van der Waals surface area contributed by atoms with Crippen LogP contribution >= 0.6 is 0 Å². The summed E-state index contributed by atoms with van der Waals surface area (Å²) in [6.07, 6.45) is 8.51. The van der Waals surface area contributed by atoms with Crippen LogP contribution in [0.1, 0.15) is 24.6 Å². The van der Waals surface area contributed by atoms with E-state index < -0.39 is 5.66 Å². The first kappa shape index (κ1) is 16.7. The molecule has 0 spiro atoms. The van der Waals surface area contributed by atoms with Crippen molar-refractivity contribution >= 4 is 11.1 Å². The molecule has 0 aromatic carbocycles. The lowest BCUT2D eigenvalue weighted by Gasteiger charge is -2.37. The maximum Gasteiger partial charge on any atom is 0.112 e. The number of nitrogens with one attached hydrogen (secondary N) is 2. The minimum atomic E-state index is -0.506. The summed E-state index contributed by atoms with van der Waals surface area (Å²) >= 11 is 0. The summed E-state index contributed by atoms with van der Waals surface area (Å²) in [5, 5.41) is 15.8. The second-order valence-electron chi connectivity index (χ2n) is 6.11. The summed E-state index contributed by atoms with van der Waals surface area (Å²) in [6.45, 7) is 3.95. The topological polar surface area (TPSA) is 92.4 Å². The zero-order valence-electron chi connectivity index (χ0n) is 13.9. The van der Waals surface area contributed by atoms with Crippen molar-refractivity contribution in [2.24, 2.45) is 5.73 Å². The van der Waals surface area contributed by atoms with Gasteiger partial charge in [0, 0.05) is 30.2 Å². The lowest BCUT2D eigenvalue weighted by molar-refractivity contribution is 0.161. The maximum atomic E-state index is 9.16. The van der Waals surface area contributed by atoms with E-state index in [0.29, 0.717) is 18.8 Å². The first-order valence-electron chi connectivity index (χ1n) is 8.17. The van der Waals surface area contributed by atoms with E-state index in [4.69, 9.17) is 15.6 Å². The highest BCUT2D eigenvalue weighted by atomic mass is 16.5. The molecule has 5 N–H and O–H groups in total. The molecule has 3 rings (SSSR count). The van der Waals surface area contributed by atoms with E-state index in [1.807, 2.05) is 25.3 Å². The second-order valence-corrected chi connectivity index (χ2v) is 6.11. The smallest absolute Gasteiger partial charge is 0.112 e. The number of ether oxygens (including phenoxy) is 1. The van der Waals surface area contributed by atoms with Crippen molar-refractivity contribution in [3.8, 4) is 0 Å². The normalized spacial score (nSPS) is 23.8. The minimum absolute atomic E-state index is 0.0677. The molecule has 6 nitrogen and oxygen atoms in total. The molecule has 0 radical (unpaired) electrons. The number of rotatable bonds is 5. The van der Waals surface area contributed by atoms with Crippen molar-refractivity contribution in [1.29, 1.82) is 0 Å². The second kappa shape index (κ2) is 7.17. The predicted molar refractivity (Wildman–Crippen MR) is 94.5 cm³/mol. The van der Waals surface area contributed by atoms with E-state index in [2.05, 4.69) is 27.8 Å². The van der Waals surface area contributed by atoms with Crippen molar-refractivity contribution in [1.82, 2.24) is 15.6 Å². The molecule has 0 saturated heterocycles. The Morgan fingerprint density at radius 3 is 3.12 bits per heavy atom. The lowest BCUT2D eigenvalue weighted by Crippen LogP contribution is -2.55. The van der Waals surface area contributed by atoms with E-state index in [9.17, 15) is 0 Å². The van der Waals surface area contributed by atoms with Gasteiger partial charge in [-0.2, -0.15) is 0 Å². The molecule has 3 heterocycles. The van der Waals surface area contributed by atoms with Gasteiger partial charge in [-0.15, -0.1) is 0 Å². The number of aliphatic hydroxyl groups is 1. The molecule has 0 fully saturated rings. The molecule has 1 atom stereocenters. The van der Waals surface area contributed by atoms with E-state index >= 15 is 0 Å². The highest BCUT2D eigenvalue weighted by Gasteiger charge is 2.30. The van der Waals surface area contributed by atoms with Crippen molar-refractivity contribution in [2.75, 3.05) is 26.4 Å². The molecular weight excluding hydrogens is 304 g/mol. The van der Waals surface area contributed by atoms with Gasteiger partial charge in [-0.25, -0.2) is 0 Å². The fraction of sp³-hybridized carbons (Fsp3) is 0.389. The van der Waals surface area contributed by atoms with Gasteiger partial charge in [-0.3, -0.25) is 10.3 Å². The average molecular weight is 328 g/mol. The van der Waals surface area contributed by atoms with Gasteiger partial charge >= 0.3 is 0 Å². The molecule has 0 bridgehead atoms. The fourth-order valence-corrected chi connectivity index (χ4v) is 3.02. The summed E-state index contributed by atoms with van der Waals surface area (Å²) < 4.78 is 5.38. The SMILES string of the molecule is CC1(NCCO)NC=C(N)C=C1c1ccnc(C2=CCOCC2)c1. The van der Waals surface area contributed by atoms with Crippen LogP contribution in [0.25, 0.3) is 11.1 Å². The number of hydrogen-bond acceptors (Lipinski definition) is 6. The monoisotopic (exact) mass is 328 g/mol. The van der Waals surface area contributed by atoms with Gasteiger partial charge in [0.05, 0.1) is 25.5 Å². The minimum Gasteiger partial charge on any atom is -0.398 e. The molecular formula is C18H24N4O2. The van der Waals surface area contributed by atoms with Crippen LogP contribution in [0, 0.1) is 0 Å². The number of aliphatic hydroxyl groups excluding tert-OH is 1. The molecule has 128 valence electrons. The van der Waals surface area contributed by atoms with Crippen LogP contribution < -0.4 is 16.4 Å². The van der Waals surface area contributed by atoms with Gasteiger partial charge in [0.25, 0.3) is 0 Å². The quantitative estimate of drug-likeness (QED) is 0.644. The molecule has 24 heavy (non-hydrogen) atoms. The number of hydrogen-bond donors (Lipinski definition) is 4. The Morgan fingerprint density at radius 1 is 1.50 bits per heavy atom. The number of pyridine rings is 1. The van der Waals surface area contributed by atoms with Crippen LogP contribution in [-0.2, 0) is 4.74 Å².